The van der Waals surface area contributed by atoms with Crippen LogP contribution in [-0.2, 0) is 10.9 Å². The van der Waals surface area contributed by atoms with Crippen molar-refractivity contribution in [2.24, 2.45) is 0 Å². The van der Waals surface area contributed by atoms with Gasteiger partial charge in [0.25, 0.3) is 0 Å². The van der Waals surface area contributed by atoms with Gasteiger partial charge >= 0.3 is 18.1 Å². The molecular weight excluding hydrogens is 325 g/mol. The molecule has 0 aliphatic heterocycles. The third-order valence-electron chi connectivity index (χ3n) is 3.02. The predicted molar refractivity (Wildman–Crippen MR) is 78.8 cm³/mol. The van der Waals surface area contributed by atoms with Crippen LogP contribution < -0.4 is 4.74 Å². The van der Waals surface area contributed by atoms with Crippen LogP contribution in [0.1, 0.15) is 33.2 Å². The number of rotatable bonds is 4. The van der Waals surface area contributed by atoms with E-state index in [2.05, 4.69) is 0 Å². The summed E-state index contributed by atoms with van der Waals surface area (Å²) < 4.78 is 47.3. The van der Waals surface area contributed by atoms with Crippen molar-refractivity contribution in [3.63, 3.8) is 0 Å². The van der Waals surface area contributed by atoms with Crippen molar-refractivity contribution in [1.82, 2.24) is 0 Å². The molecule has 0 radical (unpaired) electrons. The smallest absolute Gasteiger partial charge is 0.416 e. The van der Waals surface area contributed by atoms with E-state index in [0.29, 0.717) is 5.56 Å². The first-order valence-corrected chi connectivity index (χ1v) is 6.98. The molecule has 2 aromatic carbocycles. The van der Waals surface area contributed by atoms with Gasteiger partial charge < -0.3 is 9.47 Å². The first kappa shape index (κ1) is 17.5. The second-order valence-electron chi connectivity index (χ2n) is 4.71. The van der Waals surface area contributed by atoms with Crippen molar-refractivity contribution in [3.05, 3.63) is 65.2 Å². The molecule has 7 heteroatoms. The highest BCUT2D eigenvalue weighted by atomic mass is 19.4. The summed E-state index contributed by atoms with van der Waals surface area (Å²) in [5.74, 6) is -1.14. The molecule has 0 atom stereocenters. The minimum absolute atomic E-state index is 0.0162. The second kappa shape index (κ2) is 7.16. The van der Waals surface area contributed by atoms with Crippen molar-refractivity contribution in [2.75, 3.05) is 6.61 Å². The van der Waals surface area contributed by atoms with Crippen LogP contribution in [-0.4, -0.2) is 18.5 Å². The first-order valence-electron chi connectivity index (χ1n) is 6.98. The lowest BCUT2D eigenvalue weighted by atomic mass is 10.1. The molecule has 2 rings (SSSR count). The number of alkyl halides is 3. The van der Waals surface area contributed by atoms with Crippen LogP contribution in [0.5, 0.6) is 5.75 Å². The molecule has 0 aromatic heterocycles. The van der Waals surface area contributed by atoms with Crippen LogP contribution in [0.2, 0.25) is 0 Å². The Hall–Kier alpha value is -2.83. The van der Waals surface area contributed by atoms with E-state index in [0.717, 1.165) is 24.3 Å². The van der Waals surface area contributed by atoms with Crippen molar-refractivity contribution in [3.8, 4) is 5.75 Å². The summed E-state index contributed by atoms with van der Waals surface area (Å²) in [7, 11) is 0. The molecule has 0 saturated carbocycles. The zero-order valence-electron chi connectivity index (χ0n) is 12.6. The molecule has 0 heterocycles. The number of hydrogen-bond acceptors (Lipinski definition) is 4. The lowest BCUT2D eigenvalue weighted by Gasteiger charge is -2.08. The van der Waals surface area contributed by atoms with Gasteiger partial charge in [-0.25, -0.2) is 9.59 Å². The van der Waals surface area contributed by atoms with Crippen molar-refractivity contribution in [1.29, 1.82) is 0 Å². The number of hydrogen-bond donors (Lipinski definition) is 0. The SMILES string of the molecule is CCOC(=O)c1ccc(OC(=O)c2ccc(C(F)(F)F)cc2)cc1. The normalized spacial score (nSPS) is 11.0. The van der Waals surface area contributed by atoms with Crippen molar-refractivity contribution < 1.29 is 32.2 Å². The summed E-state index contributed by atoms with van der Waals surface area (Å²) in [6.07, 6.45) is -4.47. The molecule has 0 aliphatic carbocycles. The van der Waals surface area contributed by atoms with E-state index in [-0.39, 0.29) is 17.9 Å². The highest BCUT2D eigenvalue weighted by Crippen LogP contribution is 2.29. The molecule has 0 unspecified atom stereocenters. The van der Waals surface area contributed by atoms with E-state index in [1.165, 1.54) is 24.3 Å². The monoisotopic (exact) mass is 338 g/mol. The topological polar surface area (TPSA) is 52.6 Å². The summed E-state index contributed by atoms with van der Waals surface area (Å²) >= 11 is 0. The van der Waals surface area contributed by atoms with Gasteiger partial charge in [-0.1, -0.05) is 0 Å². The maximum atomic E-state index is 12.5. The number of carbonyl (C=O) groups is 2. The van der Waals surface area contributed by atoms with Gasteiger partial charge in [-0.2, -0.15) is 13.2 Å². The Morgan fingerprint density at radius 1 is 0.875 bits per heavy atom. The Kier molecular flexibility index (Phi) is 5.23. The van der Waals surface area contributed by atoms with Crippen LogP contribution in [0.4, 0.5) is 13.2 Å². The average molecular weight is 338 g/mol. The molecule has 0 bridgehead atoms. The van der Waals surface area contributed by atoms with Crippen LogP contribution in [0, 0.1) is 0 Å². The van der Waals surface area contributed by atoms with Crippen LogP contribution in [0.15, 0.2) is 48.5 Å². The molecule has 0 N–H and O–H groups in total. The molecule has 0 saturated heterocycles. The number of halogens is 3. The summed E-state index contributed by atoms with van der Waals surface area (Å²) in [6, 6.07) is 9.33. The summed E-state index contributed by atoms with van der Waals surface area (Å²) in [5, 5.41) is 0. The maximum absolute atomic E-state index is 12.5. The fourth-order valence-corrected chi connectivity index (χ4v) is 1.83. The molecule has 0 fully saturated rings. The number of benzene rings is 2. The van der Waals surface area contributed by atoms with Crippen LogP contribution >= 0.6 is 0 Å². The minimum Gasteiger partial charge on any atom is -0.462 e. The third-order valence-corrected chi connectivity index (χ3v) is 3.02. The maximum Gasteiger partial charge on any atom is 0.416 e. The molecule has 0 aliphatic rings. The van der Waals surface area contributed by atoms with Gasteiger partial charge in [-0.3, -0.25) is 0 Å². The van der Waals surface area contributed by atoms with E-state index in [1.54, 1.807) is 6.92 Å². The molecule has 126 valence electrons. The van der Waals surface area contributed by atoms with Gasteiger partial charge in [0.05, 0.1) is 23.3 Å². The summed E-state index contributed by atoms with van der Waals surface area (Å²) in [4.78, 5) is 23.4. The third kappa shape index (κ3) is 4.34. The Labute approximate surface area is 135 Å². The van der Waals surface area contributed by atoms with Crippen molar-refractivity contribution >= 4 is 11.9 Å². The highest BCUT2D eigenvalue weighted by Gasteiger charge is 2.30. The molecular formula is C17H13F3O4. The Morgan fingerprint density at radius 2 is 1.38 bits per heavy atom. The average Bonchev–Trinajstić information content (AvgIpc) is 2.55. The van der Waals surface area contributed by atoms with Gasteiger partial charge in [-0.05, 0) is 55.5 Å². The zero-order chi connectivity index (χ0) is 17.7. The second-order valence-corrected chi connectivity index (χ2v) is 4.71. The lowest BCUT2D eigenvalue weighted by Crippen LogP contribution is -2.10. The zero-order valence-corrected chi connectivity index (χ0v) is 12.6. The summed E-state index contributed by atoms with van der Waals surface area (Å²) in [5.41, 5.74) is -0.568. The van der Waals surface area contributed by atoms with Gasteiger partial charge in [0.1, 0.15) is 5.75 Å². The van der Waals surface area contributed by atoms with Gasteiger partial charge in [0.15, 0.2) is 0 Å². The van der Waals surface area contributed by atoms with E-state index < -0.39 is 23.7 Å². The van der Waals surface area contributed by atoms with E-state index in [1.807, 2.05) is 0 Å². The fraction of sp³-hybridized carbons (Fsp3) is 0.176. The first-order chi connectivity index (χ1) is 11.3. The Balaban J connectivity index is 2.05. The number of ether oxygens (including phenoxy) is 2. The summed E-state index contributed by atoms with van der Waals surface area (Å²) in [6.45, 7) is 1.92. The van der Waals surface area contributed by atoms with Gasteiger partial charge in [-0.15, -0.1) is 0 Å². The fourth-order valence-electron chi connectivity index (χ4n) is 1.83. The van der Waals surface area contributed by atoms with E-state index in [4.69, 9.17) is 9.47 Å². The predicted octanol–water partition coefficient (Wildman–Crippen LogP) is 4.10. The number of carbonyl (C=O) groups excluding carboxylic acids is 2. The number of esters is 2. The van der Waals surface area contributed by atoms with Gasteiger partial charge in [0, 0.05) is 0 Å². The lowest BCUT2D eigenvalue weighted by molar-refractivity contribution is -0.137. The van der Waals surface area contributed by atoms with E-state index >= 15 is 0 Å². The molecule has 0 spiro atoms. The molecule has 2 aromatic rings. The van der Waals surface area contributed by atoms with E-state index in [9.17, 15) is 22.8 Å². The minimum atomic E-state index is -4.47. The molecule has 0 amide bonds. The largest absolute Gasteiger partial charge is 0.462 e. The van der Waals surface area contributed by atoms with Crippen LogP contribution in [0.3, 0.4) is 0 Å². The van der Waals surface area contributed by atoms with Crippen molar-refractivity contribution in [2.45, 2.75) is 13.1 Å². The standard InChI is InChI=1S/C17H13F3O4/c1-2-23-15(21)11-5-9-14(10-6-11)24-16(22)12-3-7-13(8-4-12)17(18,19)20/h3-10H,2H2,1H3. The highest BCUT2D eigenvalue weighted by molar-refractivity contribution is 5.92. The van der Waals surface area contributed by atoms with Crippen LogP contribution in [0.25, 0.3) is 0 Å². The molecule has 24 heavy (non-hydrogen) atoms. The Bertz CT molecular complexity index is 719. The quantitative estimate of drug-likeness (QED) is 0.622. The molecule has 4 nitrogen and oxygen atoms in total. The van der Waals surface area contributed by atoms with Gasteiger partial charge in [0.2, 0.25) is 0 Å². The Morgan fingerprint density at radius 3 is 1.88 bits per heavy atom.